The smallest absolute Gasteiger partial charge is 0.336 e. The van der Waals surface area contributed by atoms with Gasteiger partial charge in [-0.2, -0.15) is 11.8 Å². The van der Waals surface area contributed by atoms with Crippen molar-refractivity contribution < 1.29 is 9.21 Å². The Kier molecular flexibility index (Phi) is 4.27. The molecule has 2 rings (SSSR count). The Balaban J connectivity index is 2.26. The predicted octanol–water partition coefficient (Wildman–Crippen LogP) is 2.79. The first kappa shape index (κ1) is 13.7. The molecule has 1 aromatic heterocycles. The predicted molar refractivity (Wildman–Crippen MR) is 78.8 cm³/mol. The summed E-state index contributed by atoms with van der Waals surface area (Å²) in [5.41, 5.74) is 1.63. The Bertz CT molecular complexity index is 663. The van der Waals surface area contributed by atoms with Crippen LogP contribution in [0.25, 0.3) is 11.0 Å². The summed E-state index contributed by atoms with van der Waals surface area (Å²) < 4.78 is 5.13. The lowest BCUT2D eigenvalue weighted by Gasteiger charge is -2.06. The van der Waals surface area contributed by atoms with E-state index in [-0.39, 0.29) is 11.5 Å². The van der Waals surface area contributed by atoms with Crippen LogP contribution < -0.4 is 10.9 Å². The minimum absolute atomic E-state index is 0.0382. The van der Waals surface area contributed by atoms with Crippen LogP contribution >= 0.6 is 11.8 Å². The third-order valence-corrected chi connectivity index (χ3v) is 3.38. The van der Waals surface area contributed by atoms with Gasteiger partial charge in [-0.1, -0.05) is 0 Å². The van der Waals surface area contributed by atoms with Gasteiger partial charge < -0.3 is 9.73 Å². The minimum atomic E-state index is -0.379. The van der Waals surface area contributed by atoms with Crippen molar-refractivity contribution in [3.05, 3.63) is 40.2 Å². The maximum Gasteiger partial charge on any atom is 0.336 e. The molecule has 2 aromatic rings. The molecule has 1 heterocycles. The van der Waals surface area contributed by atoms with Gasteiger partial charge in [0.25, 0.3) is 0 Å². The van der Waals surface area contributed by atoms with Crippen molar-refractivity contribution in [3.8, 4) is 0 Å². The lowest BCUT2D eigenvalue weighted by molar-refractivity contribution is -0.115. The van der Waals surface area contributed by atoms with E-state index in [0.29, 0.717) is 17.7 Å². The number of hydrogen-bond donors (Lipinski definition) is 1. The van der Waals surface area contributed by atoms with E-state index in [1.54, 1.807) is 17.8 Å². The summed E-state index contributed by atoms with van der Waals surface area (Å²) in [6, 6.07) is 6.80. The highest BCUT2D eigenvalue weighted by molar-refractivity contribution is 7.98. The summed E-state index contributed by atoms with van der Waals surface area (Å²) in [7, 11) is 0. The van der Waals surface area contributed by atoms with E-state index < -0.39 is 0 Å². The summed E-state index contributed by atoms with van der Waals surface area (Å²) in [5.74, 6) is 0.747. The number of rotatable bonds is 4. The summed E-state index contributed by atoms with van der Waals surface area (Å²) >= 11 is 1.63. The zero-order valence-electron chi connectivity index (χ0n) is 10.9. The van der Waals surface area contributed by atoms with Gasteiger partial charge in [0.05, 0.1) is 0 Å². The molecule has 0 aliphatic carbocycles. The van der Waals surface area contributed by atoms with Crippen molar-refractivity contribution >= 4 is 34.3 Å². The fraction of sp³-hybridized carbons (Fsp3) is 0.286. The molecular weight excluding hydrogens is 262 g/mol. The summed E-state index contributed by atoms with van der Waals surface area (Å²) in [4.78, 5) is 22.9. The number of amides is 1. The Hall–Kier alpha value is -1.75. The maximum atomic E-state index is 11.6. The second-order valence-corrected chi connectivity index (χ2v) is 5.24. The Labute approximate surface area is 115 Å². The molecule has 1 N–H and O–H groups in total. The molecule has 0 aliphatic heterocycles. The number of carbonyl (C=O) groups excluding carboxylic acids is 1. The third-order valence-electron chi connectivity index (χ3n) is 2.77. The molecule has 0 spiro atoms. The lowest BCUT2D eigenvalue weighted by Crippen LogP contribution is -2.12. The first-order chi connectivity index (χ1) is 9.10. The number of anilines is 1. The molecule has 5 heteroatoms. The Morgan fingerprint density at radius 2 is 2.16 bits per heavy atom. The van der Waals surface area contributed by atoms with E-state index in [1.807, 2.05) is 25.3 Å². The number of carbonyl (C=O) groups is 1. The number of thioether (sulfide) groups is 1. The van der Waals surface area contributed by atoms with Crippen LogP contribution in [0.5, 0.6) is 0 Å². The topological polar surface area (TPSA) is 59.3 Å². The van der Waals surface area contributed by atoms with Gasteiger partial charge in [-0.3, -0.25) is 4.79 Å². The molecule has 1 aromatic carbocycles. The van der Waals surface area contributed by atoms with Gasteiger partial charge in [-0.15, -0.1) is 0 Å². The van der Waals surface area contributed by atoms with Crippen molar-refractivity contribution in [2.75, 3.05) is 17.3 Å². The van der Waals surface area contributed by atoms with Crippen LogP contribution in [0.3, 0.4) is 0 Å². The van der Waals surface area contributed by atoms with E-state index >= 15 is 0 Å². The van der Waals surface area contributed by atoms with Gasteiger partial charge in [0.1, 0.15) is 5.58 Å². The van der Waals surface area contributed by atoms with Crippen molar-refractivity contribution in [1.29, 1.82) is 0 Å². The molecule has 0 bridgehead atoms. The monoisotopic (exact) mass is 277 g/mol. The maximum absolute atomic E-state index is 11.6. The molecule has 0 fully saturated rings. The molecule has 100 valence electrons. The first-order valence-electron chi connectivity index (χ1n) is 5.93. The molecule has 1 amide bonds. The Morgan fingerprint density at radius 1 is 1.37 bits per heavy atom. The van der Waals surface area contributed by atoms with Crippen LogP contribution in [-0.2, 0) is 4.79 Å². The number of aryl methyl sites for hydroxylation is 1. The molecule has 0 radical (unpaired) electrons. The minimum Gasteiger partial charge on any atom is -0.423 e. The largest absolute Gasteiger partial charge is 0.423 e. The Morgan fingerprint density at radius 3 is 2.89 bits per heavy atom. The normalized spacial score (nSPS) is 10.6. The molecule has 4 nitrogen and oxygen atoms in total. The standard InChI is InChI=1S/C14H15NO3S/c1-9-7-14(17)18-12-8-10(3-4-11(9)12)15-13(16)5-6-19-2/h3-4,7-8H,5-6H2,1-2H3,(H,15,16). The lowest BCUT2D eigenvalue weighted by atomic mass is 10.1. The van der Waals surface area contributed by atoms with Crippen LogP contribution in [-0.4, -0.2) is 17.9 Å². The van der Waals surface area contributed by atoms with Crippen LogP contribution in [0.4, 0.5) is 5.69 Å². The van der Waals surface area contributed by atoms with E-state index in [4.69, 9.17) is 4.42 Å². The number of benzene rings is 1. The average Bonchev–Trinajstić information content (AvgIpc) is 2.35. The zero-order chi connectivity index (χ0) is 13.8. The average molecular weight is 277 g/mol. The van der Waals surface area contributed by atoms with Crippen molar-refractivity contribution in [2.24, 2.45) is 0 Å². The van der Waals surface area contributed by atoms with E-state index in [1.165, 1.54) is 6.07 Å². The van der Waals surface area contributed by atoms with Gasteiger partial charge in [0.15, 0.2) is 0 Å². The molecule has 0 unspecified atom stereocenters. The molecule has 0 saturated heterocycles. The second kappa shape index (κ2) is 5.93. The zero-order valence-corrected chi connectivity index (χ0v) is 11.7. The van der Waals surface area contributed by atoms with Crippen molar-refractivity contribution in [3.63, 3.8) is 0 Å². The van der Waals surface area contributed by atoms with Crippen LogP contribution in [0.2, 0.25) is 0 Å². The number of nitrogens with one attached hydrogen (secondary N) is 1. The number of fused-ring (bicyclic) bond motifs is 1. The van der Waals surface area contributed by atoms with Crippen molar-refractivity contribution in [1.82, 2.24) is 0 Å². The van der Waals surface area contributed by atoms with Crippen LogP contribution in [0, 0.1) is 6.92 Å². The second-order valence-electron chi connectivity index (χ2n) is 4.25. The van der Waals surface area contributed by atoms with Crippen LogP contribution in [0.15, 0.2) is 33.5 Å². The first-order valence-corrected chi connectivity index (χ1v) is 7.33. The molecular formula is C14H15NO3S. The number of hydrogen-bond acceptors (Lipinski definition) is 4. The van der Waals surface area contributed by atoms with E-state index in [0.717, 1.165) is 16.7 Å². The van der Waals surface area contributed by atoms with E-state index in [9.17, 15) is 9.59 Å². The van der Waals surface area contributed by atoms with Crippen molar-refractivity contribution in [2.45, 2.75) is 13.3 Å². The van der Waals surface area contributed by atoms with Gasteiger partial charge in [0, 0.05) is 35.4 Å². The highest BCUT2D eigenvalue weighted by atomic mass is 32.2. The van der Waals surface area contributed by atoms with Gasteiger partial charge >= 0.3 is 5.63 Å². The molecule has 0 atom stereocenters. The van der Waals surface area contributed by atoms with Crippen LogP contribution in [0.1, 0.15) is 12.0 Å². The van der Waals surface area contributed by atoms with Gasteiger partial charge in [-0.05, 0) is 30.9 Å². The van der Waals surface area contributed by atoms with Gasteiger partial charge in [-0.25, -0.2) is 4.79 Å². The summed E-state index contributed by atoms with van der Waals surface area (Å²) in [6.07, 6.45) is 2.43. The SMILES string of the molecule is CSCCC(=O)Nc1ccc2c(C)cc(=O)oc2c1. The van der Waals surface area contributed by atoms with Gasteiger partial charge in [0.2, 0.25) is 5.91 Å². The molecule has 0 saturated carbocycles. The summed E-state index contributed by atoms with van der Waals surface area (Å²) in [6.45, 7) is 1.86. The fourth-order valence-corrected chi connectivity index (χ4v) is 2.21. The highest BCUT2D eigenvalue weighted by Gasteiger charge is 2.06. The third kappa shape index (κ3) is 3.38. The quantitative estimate of drug-likeness (QED) is 0.873. The highest BCUT2D eigenvalue weighted by Crippen LogP contribution is 2.20. The summed E-state index contributed by atoms with van der Waals surface area (Å²) in [5, 5.41) is 3.67. The molecule has 19 heavy (non-hydrogen) atoms. The molecule has 0 aliphatic rings. The van der Waals surface area contributed by atoms with E-state index in [2.05, 4.69) is 5.32 Å². The fourth-order valence-electron chi connectivity index (χ4n) is 1.82.